The standard InChI is InChI=1S/C11H22N4O3/c1-14-3-5-15(6-4-14)11(17)8-13-2-7-18-9-10(12)16/h13H,2-9H2,1H3,(H2,12,16). The Morgan fingerprint density at radius 3 is 2.56 bits per heavy atom. The van der Waals surface area contributed by atoms with E-state index in [1.165, 1.54) is 0 Å². The molecule has 1 saturated heterocycles. The van der Waals surface area contributed by atoms with E-state index in [0.717, 1.165) is 26.2 Å². The van der Waals surface area contributed by atoms with Gasteiger partial charge in [-0.1, -0.05) is 0 Å². The van der Waals surface area contributed by atoms with E-state index in [1.807, 2.05) is 4.90 Å². The van der Waals surface area contributed by atoms with Crippen LogP contribution < -0.4 is 11.1 Å². The highest BCUT2D eigenvalue weighted by atomic mass is 16.5. The minimum atomic E-state index is -0.483. The molecule has 1 aliphatic heterocycles. The number of hydrogen-bond acceptors (Lipinski definition) is 5. The summed E-state index contributed by atoms with van der Waals surface area (Å²) in [4.78, 5) is 26.2. The van der Waals surface area contributed by atoms with Gasteiger partial charge >= 0.3 is 0 Å². The summed E-state index contributed by atoms with van der Waals surface area (Å²) in [6.07, 6.45) is 0. The van der Waals surface area contributed by atoms with Crippen LogP contribution in [0.1, 0.15) is 0 Å². The Labute approximate surface area is 107 Å². The van der Waals surface area contributed by atoms with E-state index < -0.39 is 5.91 Å². The molecular formula is C11H22N4O3. The number of carbonyl (C=O) groups is 2. The molecule has 0 spiro atoms. The van der Waals surface area contributed by atoms with Gasteiger partial charge in [0.15, 0.2) is 0 Å². The number of primary amides is 1. The lowest BCUT2D eigenvalue weighted by atomic mass is 10.3. The molecule has 0 aromatic rings. The topological polar surface area (TPSA) is 87.9 Å². The molecule has 7 heteroatoms. The Balaban J connectivity index is 2.01. The first-order chi connectivity index (χ1) is 8.59. The number of nitrogens with two attached hydrogens (primary N) is 1. The number of hydrogen-bond donors (Lipinski definition) is 2. The molecule has 0 aromatic heterocycles. The van der Waals surface area contributed by atoms with Crippen LogP contribution in [0, 0.1) is 0 Å². The number of piperazine rings is 1. The monoisotopic (exact) mass is 258 g/mol. The van der Waals surface area contributed by atoms with Gasteiger partial charge in [0.05, 0.1) is 13.2 Å². The van der Waals surface area contributed by atoms with Gasteiger partial charge in [-0.2, -0.15) is 0 Å². The zero-order valence-electron chi connectivity index (χ0n) is 10.9. The predicted octanol–water partition coefficient (Wildman–Crippen LogP) is -2.15. The van der Waals surface area contributed by atoms with Crippen molar-refractivity contribution in [3.05, 3.63) is 0 Å². The molecule has 0 bridgehead atoms. The fourth-order valence-corrected chi connectivity index (χ4v) is 1.68. The maximum absolute atomic E-state index is 11.8. The lowest BCUT2D eigenvalue weighted by molar-refractivity contribution is -0.132. The van der Waals surface area contributed by atoms with Gasteiger partial charge in [0.2, 0.25) is 11.8 Å². The van der Waals surface area contributed by atoms with E-state index in [1.54, 1.807) is 0 Å². The van der Waals surface area contributed by atoms with Crippen LogP contribution in [0.3, 0.4) is 0 Å². The van der Waals surface area contributed by atoms with Crippen LogP contribution in [0.4, 0.5) is 0 Å². The van der Waals surface area contributed by atoms with Crippen LogP contribution in [-0.2, 0) is 14.3 Å². The van der Waals surface area contributed by atoms with E-state index >= 15 is 0 Å². The van der Waals surface area contributed by atoms with Gasteiger partial charge in [-0.15, -0.1) is 0 Å². The third kappa shape index (κ3) is 5.95. The fraction of sp³-hybridized carbons (Fsp3) is 0.818. The summed E-state index contributed by atoms with van der Waals surface area (Å²) in [5.41, 5.74) is 4.92. The highest BCUT2D eigenvalue weighted by molar-refractivity contribution is 5.78. The SMILES string of the molecule is CN1CCN(C(=O)CNCCOCC(N)=O)CC1. The summed E-state index contributed by atoms with van der Waals surface area (Å²) in [7, 11) is 2.05. The van der Waals surface area contributed by atoms with E-state index in [-0.39, 0.29) is 12.5 Å². The molecule has 0 aromatic carbocycles. The van der Waals surface area contributed by atoms with Crippen LogP contribution in [0.15, 0.2) is 0 Å². The fourth-order valence-electron chi connectivity index (χ4n) is 1.68. The summed E-state index contributed by atoms with van der Waals surface area (Å²) < 4.78 is 4.97. The van der Waals surface area contributed by atoms with Crippen molar-refractivity contribution in [2.45, 2.75) is 0 Å². The molecule has 104 valence electrons. The molecule has 1 heterocycles. The molecule has 1 fully saturated rings. The number of nitrogens with zero attached hydrogens (tertiary/aromatic N) is 2. The number of rotatable bonds is 7. The lowest BCUT2D eigenvalue weighted by Gasteiger charge is -2.32. The third-order valence-electron chi connectivity index (χ3n) is 2.80. The van der Waals surface area contributed by atoms with Crippen LogP contribution in [0.2, 0.25) is 0 Å². The second-order valence-electron chi connectivity index (χ2n) is 4.38. The van der Waals surface area contributed by atoms with Crippen LogP contribution in [0.5, 0.6) is 0 Å². The summed E-state index contributed by atoms with van der Waals surface area (Å²) in [5, 5.41) is 2.99. The van der Waals surface area contributed by atoms with Crippen molar-refractivity contribution in [3.63, 3.8) is 0 Å². The summed E-state index contributed by atoms with van der Waals surface area (Å²) >= 11 is 0. The van der Waals surface area contributed by atoms with Crippen molar-refractivity contribution in [2.24, 2.45) is 5.73 Å². The smallest absolute Gasteiger partial charge is 0.243 e. The Kier molecular flexibility index (Phi) is 6.63. The molecule has 0 radical (unpaired) electrons. The van der Waals surface area contributed by atoms with E-state index in [2.05, 4.69) is 17.3 Å². The molecule has 0 unspecified atom stereocenters. The number of amides is 2. The van der Waals surface area contributed by atoms with Gasteiger partial charge in [-0.3, -0.25) is 9.59 Å². The third-order valence-corrected chi connectivity index (χ3v) is 2.80. The van der Waals surface area contributed by atoms with Crippen LogP contribution >= 0.6 is 0 Å². The van der Waals surface area contributed by atoms with Gasteiger partial charge < -0.3 is 25.6 Å². The Morgan fingerprint density at radius 1 is 1.28 bits per heavy atom. The van der Waals surface area contributed by atoms with Crippen molar-refractivity contribution in [3.8, 4) is 0 Å². The first-order valence-electron chi connectivity index (χ1n) is 6.12. The quantitative estimate of drug-likeness (QED) is 0.508. The lowest BCUT2D eigenvalue weighted by Crippen LogP contribution is -2.49. The molecule has 7 nitrogen and oxygen atoms in total. The first kappa shape index (κ1) is 14.9. The molecular weight excluding hydrogens is 236 g/mol. The normalized spacial score (nSPS) is 16.8. The largest absolute Gasteiger partial charge is 0.370 e. The maximum atomic E-state index is 11.8. The Morgan fingerprint density at radius 2 is 1.94 bits per heavy atom. The van der Waals surface area contributed by atoms with Crippen molar-refractivity contribution in [2.75, 3.05) is 59.5 Å². The van der Waals surface area contributed by atoms with Gasteiger partial charge in [-0.05, 0) is 7.05 Å². The van der Waals surface area contributed by atoms with Crippen LogP contribution in [-0.4, -0.2) is 81.1 Å². The minimum absolute atomic E-state index is 0.0753. The van der Waals surface area contributed by atoms with E-state index in [9.17, 15) is 9.59 Å². The Bertz CT molecular complexity index is 277. The summed E-state index contributed by atoms with van der Waals surface area (Å²) in [6, 6.07) is 0. The molecule has 3 N–H and O–H groups in total. The highest BCUT2D eigenvalue weighted by Crippen LogP contribution is 1.98. The van der Waals surface area contributed by atoms with Gasteiger partial charge in [0.1, 0.15) is 6.61 Å². The second-order valence-corrected chi connectivity index (χ2v) is 4.38. The highest BCUT2D eigenvalue weighted by Gasteiger charge is 2.18. The first-order valence-corrected chi connectivity index (χ1v) is 6.12. The predicted molar refractivity (Wildman–Crippen MR) is 67.0 cm³/mol. The average molecular weight is 258 g/mol. The molecule has 0 atom stereocenters. The molecule has 1 aliphatic rings. The summed E-state index contributed by atoms with van der Waals surface area (Å²) in [6.45, 7) is 4.56. The maximum Gasteiger partial charge on any atom is 0.243 e. The average Bonchev–Trinajstić information content (AvgIpc) is 2.34. The van der Waals surface area contributed by atoms with Crippen LogP contribution in [0.25, 0.3) is 0 Å². The summed E-state index contributed by atoms with van der Waals surface area (Å²) in [5.74, 6) is -0.374. The zero-order valence-corrected chi connectivity index (χ0v) is 10.9. The van der Waals surface area contributed by atoms with Gasteiger partial charge in [-0.25, -0.2) is 0 Å². The number of ether oxygens (including phenoxy) is 1. The van der Waals surface area contributed by atoms with E-state index in [0.29, 0.717) is 19.7 Å². The van der Waals surface area contributed by atoms with Gasteiger partial charge in [0.25, 0.3) is 0 Å². The van der Waals surface area contributed by atoms with Crippen molar-refractivity contribution in [1.82, 2.24) is 15.1 Å². The molecule has 18 heavy (non-hydrogen) atoms. The molecule has 2 amide bonds. The second kappa shape index (κ2) is 8.02. The zero-order chi connectivity index (χ0) is 13.4. The van der Waals surface area contributed by atoms with Crippen molar-refractivity contribution >= 4 is 11.8 Å². The minimum Gasteiger partial charge on any atom is -0.370 e. The number of nitrogens with one attached hydrogen (secondary N) is 1. The van der Waals surface area contributed by atoms with E-state index in [4.69, 9.17) is 10.5 Å². The van der Waals surface area contributed by atoms with Crippen molar-refractivity contribution < 1.29 is 14.3 Å². The number of carbonyl (C=O) groups excluding carboxylic acids is 2. The molecule has 0 aliphatic carbocycles. The van der Waals surface area contributed by atoms with Crippen molar-refractivity contribution in [1.29, 1.82) is 0 Å². The molecule has 1 rings (SSSR count). The molecule has 0 saturated carbocycles. The van der Waals surface area contributed by atoms with Gasteiger partial charge in [0, 0.05) is 32.7 Å². The Hall–Kier alpha value is -1.18. The number of likely N-dealkylation sites (N-methyl/N-ethyl adjacent to an activating group) is 1.